The Morgan fingerprint density at radius 2 is 2.00 bits per heavy atom. The fourth-order valence-corrected chi connectivity index (χ4v) is 2.97. The molecule has 110 valence electrons. The van der Waals surface area contributed by atoms with Crippen LogP contribution >= 0.6 is 15.9 Å². The number of aliphatic hydroxyl groups excluding tert-OH is 1. The van der Waals surface area contributed by atoms with E-state index in [4.69, 9.17) is 9.47 Å². The predicted molar refractivity (Wildman–Crippen MR) is 84.3 cm³/mol. The van der Waals surface area contributed by atoms with Crippen LogP contribution in [-0.4, -0.2) is 12.2 Å². The molecule has 0 aromatic heterocycles. The SMILES string of the molecule is COc1ccc(Br)c(CC(O)c2ccc3c(c2)COC3)c1. The molecule has 4 heteroatoms. The van der Waals surface area contributed by atoms with Gasteiger partial charge in [0.15, 0.2) is 0 Å². The fourth-order valence-electron chi connectivity index (χ4n) is 2.56. The highest BCUT2D eigenvalue weighted by atomic mass is 79.9. The molecule has 0 amide bonds. The van der Waals surface area contributed by atoms with Crippen LogP contribution < -0.4 is 4.74 Å². The van der Waals surface area contributed by atoms with Crippen LogP contribution in [0.1, 0.15) is 28.4 Å². The summed E-state index contributed by atoms with van der Waals surface area (Å²) >= 11 is 3.52. The van der Waals surface area contributed by atoms with Crippen molar-refractivity contribution in [1.82, 2.24) is 0 Å². The second-order valence-electron chi connectivity index (χ2n) is 5.20. The highest BCUT2D eigenvalue weighted by molar-refractivity contribution is 9.10. The summed E-state index contributed by atoms with van der Waals surface area (Å²) in [5, 5.41) is 10.5. The molecule has 2 aromatic rings. The number of halogens is 1. The number of fused-ring (bicyclic) bond motifs is 1. The third kappa shape index (κ3) is 3.12. The molecule has 2 aromatic carbocycles. The van der Waals surface area contributed by atoms with Crippen LogP contribution in [0.4, 0.5) is 0 Å². The summed E-state index contributed by atoms with van der Waals surface area (Å²) in [6.45, 7) is 1.31. The van der Waals surface area contributed by atoms with E-state index in [0.717, 1.165) is 21.3 Å². The lowest BCUT2D eigenvalue weighted by Crippen LogP contribution is -2.03. The van der Waals surface area contributed by atoms with Gasteiger partial charge in [-0.2, -0.15) is 0 Å². The minimum Gasteiger partial charge on any atom is -0.497 e. The monoisotopic (exact) mass is 348 g/mol. The van der Waals surface area contributed by atoms with Crippen molar-refractivity contribution in [1.29, 1.82) is 0 Å². The Balaban J connectivity index is 1.81. The van der Waals surface area contributed by atoms with E-state index in [1.807, 2.05) is 36.4 Å². The number of ether oxygens (including phenoxy) is 2. The molecular weight excluding hydrogens is 332 g/mol. The van der Waals surface area contributed by atoms with Crippen LogP contribution in [0.3, 0.4) is 0 Å². The first-order valence-electron chi connectivity index (χ1n) is 6.87. The Morgan fingerprint density at radius 3 is 2.81 bits per heavy atom. The van der Waals surface area contributed by atoms with Crippen molar-refractivity contribution in [3.05, 3.63) is 63.1 Å². The van der Waals surface area contributed by atoms with Crippen molar-refractivity contribution in [2.24, 2.45) is 0 Å². The van der Waals surface area contributed by atoms with Crippen LogP contribution in [0, 0.1) is 0 Å². The summed E-state index contributed by atoms with van der Waals surface area (Å²) in [4.78, 5) is 0. The van der Waals surface area contributed by atoms with Crippen molar-refractivity contribution in [3.63, 3.8) is 0 Å². The van der Waals surface area contributed by atoms with Gasteiger partial charge in [-0.05, 0) is 40.5 Å². The number of methoxy groups -OCH3 is 1. The zero-order valence-electron chi connectivity index (χ0n) is 11.8. The molecule has 1 atom stereocenters. The minimum absolute atomic E-state index is 0.539. The first-order chi connectivity index (χ1) is 10.2. The smallest absolute Gasteiger partial charge is 0.119 e. The summed E-state index contributed by atoms with van der Waals surface area (Å²) in [5.74, 6) is 0.794. The molecule has 21 heavy (non-hydrogen) atoms. The number of rotatable bonds is 4. The van der Waals surface area contributed by atoms with Gasteiger partial charge in [-0.25, -0.2) is 0 Å². The van der Waals surface area contributed by atoms with Crippen molar-refractivity contribution >= 4 is 15.9 Å². The van der Waals surface area contributed by atoms with E-state index in [-0.39, 0.29) is 0 Å². The van der Waals surface area contributed by atoms with E-state index in [0.29, 0.717) is 19.6 Å². The summed E-state index contributed by atoms with van der Waals surface area (Å²) in [5.41, 5.74) is 4.34. The molecule has 0 aliphatic carbocycles. The van der Waals surface area contributed by atoms with Gasteiger partial charge in [-0.1, -0.05) is 34.1 Å². The van der Waals surface area contributed by atoms with E-state index < -0.39 is 6.10 Å². The van der Waals surface area contributed by atoms with E-state index in [1.54, 1.807) is 7.11 Å². The topological polar surface area (TPSA) is 38.7 Å². The van der Waals surface area contributed by atoms with Gasteiger partial charge < -0.3 is 14.6 Å². The first-order valence-corrected chi connectivity index (χ1v) is 7.66. The zero-order chi connectivity index (χ0) is 14.8. The van der Waals surface area contributed by atoms with Gasteiger partial charge in [-0.15, -0.1) is 0 Å². The summed E-state index contributed by atoms with van der Waals surface area (Å²) < 4.78 is 11.6. The lowest BCUT2D eigenvalue weighted by atomic mass is 9.98. The van der Waals surface area contributed by atoms with Crippen LogP contribution in [0.25, 0.3) is 0 Å². The second kappa shape index (κ2) is 6.18. The molecule has 1 heterocycles. The maximum absolute atomic E-state index is 10.5. The summed E-state index contributed by atoms with van der Waals surface area (Å²) in [6.07, 6.45) is -0.00319. The minimum atomic E-state index is -0.542. The molecule has 0 spiro atoms. The Kier molecular flexibility index (Phi) is 4.29. The largest absolute Gasteiger partial charge is 0.497 e. The molecular formula is C17H17BrO3. The molecule has 3 rings (SSSR count). The van der Waals surface area contributed by atoms with Gasteiger partial charge in [0.05, 0.1) is 26.4 Å². The second-order valence-corrected chi connectivity index (χ2v) is 6.05. The number of hydrogen-bond donors (Lipinski definition) is 1. The van der Waals surface area contributed by atoms with Crippen molar-refractivity contribution in [3.8, 4) is 5.75 Å². The molecule has 0 fully saturated rings. The molecule has 1 aliphatic heterocycles. The molecule has 0 bridgehead atoms. The first kappa shape index (κ1) is 14.6. The van der Waals surface area contributed by atoms with Crippen LogP contribution in [0.15, 0.2) is 40.9 Å². The third-order valence-electron chi connectivity index (χ3n) is 3.80. The van der Waals surface area contributed by atoms with E-state index >= 15 is 0 Å². The number of benzene rings is 2. The van der Waals surface area contributed by atoms with Gasteiger partial charge in [0.1, 0.15) is 5.75 Å². The summed E-state index contributed by atoms with van der Waals surface area (Å²) in [7, 11) is 1.64. The number of hydrogen-bond acceptors (Lipinski definition) is 3. The van der Waals surface area contributed by atoms with Crippen LogP contribution in [0.2, 0.25) is 0 Å². The Bertz CT molecular complexity index is 654. The van der Waals surface area contributed by atoms with Gasteiger partial charge in [-0.3, -0.25) is 0 Å². The Hall–Kier alpha value is -1.36. The van der Waals surface area contributed by atoms with Crippen molar-refractivity contribution < 1.29 is 14.6 Å². The average molecular weight is 349 g/mol. The van der Waals surface area contributed by atoms with Crippen molar-refractivity contribution in [2.75, 3.05) is 7.11 Å². The van der Waals surface area contributed by atoms with E-state index in [1.165, 1.54) is 11.1 Å². The fraction of sp³-hybridized carbons (Fsp3) is 0.294. The molecule has 0 saturated heterocycles. The molecule has 1 unspecified atom stereocenters. The third-order valence-corrected chi connectivity index (χ3v) is 4.57. The lowest BCUT2D eigenvalue weighted by molar-refractivity contribution is 0.134. The molecule has 1 N–H and O–H groups in total. The van der Waals surface area contributed by atoms with E-state index in [2.05, 4.69) is 15.9 Å². The number of aliphatic hydroxyl groups is 1. The predicted octanol–water partition coefficient (Wildman–Crippen LogP) is 3.76. The van der Waals surface area contributed by atoms with Crippen molar-refractivity contribution in [2.45, 2.75) is 25.7 Å². The molecule has 1 aliphatic rings. The normalized spacial score (nSPS) is 14.8. The maximum atomic E-state index is 10.5. The lowest BCUT2D eigenvalue weighted by Gasteiger charge is -2.14. The molecule has 3 nitrogen and oxygen atoms in total. The van der Waals surface area contributed by atoms with Gasteiger partial charge in [0.25, 0.3) is 0 Å². The standard InChI is InChI=1S/C17H17BrO3/c1-20-15-4-5-16(18)13(7-15)8-17(19)11-2-3-12-9-21-10-14(12)6-11/h2-7,17,19H,8-10H2,1H3. The van der Waals surface area contributed by atoms with Crippen LogP contribution in [-0.2, 0) is 24.4 Å². The Morgan fingerprint density at radius 1 is 1.19 bits per heavy atom. The van der Waals surface area contributed by atoms with Crippen LogP contribution in [0.5, 0.6) is 5.75 Å². The average Bonchev–Trinajstić information content (AvgIpc) is 2.96. The van der Waals surface area contributed by atoms with E-state index in [9.17, 15) is 5.11 Å². The van der Waals surface area contributed by atoms with Gasteiger partial charge >= 0.3 is 0 Å². The van der Waals surface area contributed by atoms with Gasteiger partial charge in [0.2, 0.25) is 0 Å². The highest BCUT2D eigenvalue weighted by Gasteiger charge is 2.16. The quantitative estimate of drug-likeness (QED) is 0.913. The van der Waals surface area contributed by atoms with Gasteiger partial charge in [0, 0.05) is 10.9 Å². The zero-order valence-corrected chi connectivity index (χ0v) is 13.4. The highest BCUT2D eigenvalue weighted by Crippen LogP contribution is 2.29. The maximum Gasteiger partial charge on any atom is 0.119 e. The molecule has 0 radical (unpaired) electrons. The molecule has 0 saturated carbocycles. The Labute approximate surface area is 132 Å². The summed E-state index contributed by atoms with van der Waals surface area (Å²) in [6, 6.07) is 11.8.